The van der Waals surface area contributed by atoms with Gasteiger partial charge in [-0.3, -0.25) is 9.59 Å². The van der Waals surface area contributed by atoms with E-state index in [4.69, 9.17) is 14.2 Å². The average molecular weight is 1060 g/mol. The van der Waals surface area contributed by atoms with Gasteiger partial charge in [0, 0.05) is 38.1 Å². The SMILES string of the molecule is N#CC(C#N)=C1C(=Nc2cc3sc4c(c3s2)OC(C(=O)OCc2ccccc2)(C(=O)OCc2ccccc2)c2c-4sc3cc(N=C4C(=O)c5cc(F)c(F)cc5C4=C(C#N)C#N)sc23)C(=O)c2cc(F)c(F)cc21. The van der Waals surface area contributed by atoms with E-state index in [-0.39, 0.29) is 72.6 Å². The minimum Gasteiger partial charge on any atom is -0.457 e. The molecule has 21 heteroatoms. The highest BCUT2D eigenvalue weighted by Crippen LogP contribution is 2.62. The van der Waals surface area contributed by atoms with E-state index in [1.807, 2.05) is 0 Å². The standard InChI is InChI=1S/C53H20F4N6O7S4/c54-31-11-27-29(13-33(31)56)44(64)42(39(27)25(17-58)18-59)62-37-15-35-47(73-37)41-49(71-35)50-46(70-53(41,51(66)68-21-23-7-3-1-4-8-23)52(67)69-22-24-9-5-2-6-10-24)48-36(72-50)16-38(74-48)63-43-40(26(19-60)20-61)28-12-32(55)34(57)14-30(28)45(43)65/h1-16H,21-22H2. The molecule has 8 aromatic rings. The number of thiophene rings is 4. The zero-order valence-electron chi connectivity index (χ0n) is 36.8. The lowest BCUT2D eigenvalue weighted by Gasteiger charge is -2.33. The van der Waals surface area contributed by atoms with Crippen molar-refractivity contribution in [2.45, 2.75) is 18.8 Å². The number of esters is 2. The third-order valence-electron chi connectivity index (χ3n) is 11.9. The van der Waals surface area contributed by atoms with Crippen molar-refractivity contribution in [3.05, 3.63) is 170 Å². The van der Waals surface area contributed by atoms with Gasteiger partial charge in [0.1, 0.15) is 70.1 Å². The second kappa shape index (κ2) is 18.1. The molecule has 0 fully saturated rings. The third-order valence-corrected chi connectivity index (χ3v) is 16.7. The number of nitriles is 4. The first-order valence-corrected chi connectivity index (χ1v) is 24.6. The van der Waals surface area contributed by atoms with Gasteiger partial charge in [-0.05, 0) is 47.5 Å². The predicted molar refractivity (Wildman–Crippen MR) is 265 cm³/mol. The molecule has 0 amide bonds. The number of carbonyl (C=O) groups excluding carboxylic acids is 4. The molecular weight excluding hydrogens is 1040 g/mol. The van der Waals surface area contributed by atoms with Gasteiger partial charge in [-0.25, -0.2) is 37.1 Å². The molecule has 0 spiro atoms. The van der Waals surface area contributed by atoms with Crippen molar-refractivity contribution in [3.8, 4) is 39.8 Å². The van der Waals surface area contributed by atoms with Crippen LogP contribution in [-0.4, -0.2) is 34.9 Å². The molecule has 74 heavy (non-hydrogen) atoms. The summed E-state index contributed by atoms with van der Waals surface area (Å²) in [7, 11) is 0. The Morgan fingerprint density at radius 2 is 0.959 bits per heavy atom. The highest BCUT2D eigenvalue weighted by molar-refractivity contribution is 7.36. The summed E-state index contributed by atoms with van der Waals surface area (Å²) in [6.07, 6.45) is 0. The Bertz CT molecular complexity index is 4110. The maximum absolute atomic E-state index is 15.2. The molecule has 0 saturated heterocycles. The number of aliphatic imine (C=N–C) groups is 2. The molecule has 0 atom stereocenters. The van der Waals surface area contributed by atoms with Crippen molar-refractivity contribution in [3.63, 3.8) is 0 Å². The van der Waals surface area contributed by atoms with Crippen LogP contribution in [0.2, 0.25) is 0 Å². The van der Waals surface area contributed by atoms with Crippen molar-refractivity contribution in [2.75, 3.05) is 0 Å². The minimum atomic E-state index is -2.75. The molecule has 3 aliphatic rings. The van der Waals surface area contributed by atoms with Gasteiger partial charge >= 0.3 is 17.5 Å². The number of ether oxygens (including phenoxy) is 3. The second-order valence-electron chi connectivity index (χ2n) is 16.2. The van der Waals surface area contributed by atoms with Gasteiger partial charge in [-0.2, -0.15) is 21.0 Å². The summed E-state index contributed by atoms with van der Waals surface area (Å²) in [5.74, 6) is -9.49. The molecule has 4 aromatic carbocycles. The Labute approximate surface area is 428 Å². The number of Topliss-reactive ketones (excluding diaryl/α,β-unsaturated/α-hetero) is 2. The van der Waals surface area contributed by atoms with E-state index in [9.17, 15) is 48.2 Å². The van der Waals surface area contributed by atoms with Crippen LogP contribution in [0.25, 0.3) is 39.7 Å². The smallest absolute Gasteiger partial charge is 0.367 e. The minimum absolute atomic E-state index is 0.00767. The fourth-order valence-electron chi connectivity index (χ4n) is 8.62. The van der Waals surface area contributed by atoms with Gasteiger partial charge in [-0.1, -0.05) is 60.7 Å². The molecule has 2 aliphatic carbocycles. The summed E-state index contributed by atoms with van der Waals surface area (Å²) in [4.78, 5) is 67.9. The van der Waals surface area contributed by atoms with E-state index >= 15 is 9.59 Å². The van der Waals surface area contributed by atoms with Crippen molar-refractivity contribution in [1.82, 2.24) is 0 Å². The number of ketones is 2. The number of halogens is 4. The van der Waals surface area contributed by atoms with Crippen LogP contribution < -0.4 is 4.74 Å². The predicted octanol–water partition coefficient (Wildman–Crippen LogP) is 12.1. The molecule has 13 nitrogen and oxygen atoms in total. The fourth-order valence-corrected chi connectivity index (χ4v) is 13.7. The van der Waals surface area contributed by atoms with Crippen molar-refractivity contribution < 1.29 is 51.0 Å². The third kappa shape index (κ3) is 7.41. The lowest BCUT2D eigenvalue weighted by atomic mass is 9.90. The second-order valence-corrected chi connectivity index (χ2v) is 20.3. The zero-order valence-corrected chi connectivity index (χ0v) is 40.1. The van der Waals surface area contributed by atoms with Crippen LogP contribution in [0.3, 0.4) is 0 Å². The summed E-state index contributed by atoms with van der Waals surface area (Å²) in [6, 6.07) is 29.8. The topological polar surface area (TPSA) is 216 Å². The molecule has 0 N–H and O–H groups in total. The molecular formula is C53H20F4N6O7S4. The highest BCUT2D eigenvalue weighted by atomic mass is 32.1. The van der Waals surface area contributed by atoms with E-state index < -0.39 is 74.9 Å². The van der Waals surface area contributed by atoms with Crippen LogP contribution in [0.5, 0.6) is 5.75 Å². The molecule has 0 radical (unpaired) electrons. The van der Waals surface area contributed by atoms with Gasteiger partial charge < -0.3 is 14.2 Å². The Balaban J connectivity index is 1.10. The van der Waals surface area contributed by atoms with Crippen LogP contribution in [0.15, 0.2) is 118 Å². The quantitative estimate of drug-likeness (QED) is 0.0603. The number of nitrogens with zero attached hydrogens (tertiary/aromatic N) is 6. The molecule has 4 aromatic heterocycles. The normalized spacial score (nSPS) is 14.9. The monoisotopic (exact) mass is 1060 g/mol. The van der Waals surface area contributed by atoms with Crippen LogP contribution >= 0.6 is 45.3 Å². The van der Waals surface area contributed by atoms with Gasteiger partial charge in [0.2, 0.25) is 11.6 Å². The van der Waals surface area contributed by atoms with Crippen LogP contribution in [0, 0.1) is 68.6 Å². The van der Waals surface area contributed by atoms with E-state index in [0.29, 0.717) is 59.2 Å². The van der Waals surface area contributed by atoms with Crippen molar-refractivity contribution in [2.24, 2.45) is 9.98 Å². The molecule has 0 unspecified atom stereocenters. The lowest BCUT2D eigenvalue weighted by Crippen LogP contribution is -2.52. The zero-order chi connectivity index (χ0) is 51.7. The fraction of sp³-hybridized carbons (Fsp3) is 0.0566. The number of rotatable bonds is 8. The number of hydrogen-bond donors (Lipinski definition) is 0. The maximum Gasteiger partial charge on any atom is 0.367 e. The summed E-state index contributed by atoms with van der Waals surface area (Å²) in [5, 5.41) is 39.7. The summed E-state index contributed by atoms with van der Waals surface area (Å²) in [5.41, 5.74) is -5.41. The molecule has 356 valence electrons. The lowest BCUT2D eigenvalue weighted by molar-refractivity contribution is -0.183. The molecule has 0 saturated carbocycles. The molecule has 11 rings (SSSR count). The van der Waals surface area contributed by atoms with Crippen LogP contribution in [0.1, 0.15) is 48.5 Å². The van der Waals surface area contributed by atoms with Crippen molar-refractivity contribution >= 4 is 120 Å². The first-order valence-electron chi connectivity index (χ1n) is 21.4. The first kappa shape index (κ1) is 47.1. The summed E-state index contributed by atoms with van der Waals surface area (Å²) in [6.45, 7) is -0.663. The largest absolute Gasteiger partial charge is 0.457 e. The number of allylic oxidation sites excluding steroid dienone is 4. The summed E-state index contributed by atoms with van der Waals surface area (Å²) >= 11 is 4.09. The average Bonchev–Trinajstić information content (AvgIpc) is 4.27. The van der Waals surface area contributed by atoms with Crippen LogP contribution in [0.4, 0.5) is 27.6 Å². The molecule has 5 heterocycles. The van der Waals surface area contributed by atoms with Gasteiger partial charge in [0.15, 0.2) is 29.0 Å². The van der Waals surface area contributed by atoms with E-state index in [1.54, 1.807) is 91.0 Å². The van der Waals surface area contributed by atoms with E-state index in [2.05, 4.69) is 9.98 Å². The Kier molecular flexibility index (Phi) is 11.5. The number of fused-ring (bicyclic) bond motifs is 9. The van der Waals surface area contributed by atoms with E-state index in [0.717, 1.165) is 45.3 Å². The molecule has 0 bridgehead atoms. The number of carbonyl (C=O) groups is 4. The number of benzene rings is 4. The highest BCUT2D eigenvalue weighted by Gasteiger charge is 2.60. The first-order chi connectivity index (χ1) is 35.8. The molecule has 1 aliphatic heterocycles. The van der Waals surface area contributed by atoms with Gasteiger partial charge in [-0.15, -0.1) is 45.3 Å². The van der Waals surface area contributed by atoms with Gasteiger partial charge in [0.05, 0.1) is 29.4 Å². The van der Waals surface area contributed by atoms with Gasteiger partial charge in [0.25, 0.3) is 0 Å². The van der Waals surface area contributed by atoms with Crippen LogP contribution in [-0.2, 0) is 37.9 Å². The van der Waals surface area contributed by atoms with Crippen molar-refractivity contribution in [1.29, 1.82) is 21.0 Å². The summed E-state index contributed by atoms with van der Waals surface area (Å²) < 4.78 is 78.3. The Hall–Kier alpha value is -9.22. The maximum atomic E-state index is 15.2. The number of hydrogen-bond acceptors (Lipinski definition) is 17. The Morgan fingerprint density at radius 3 is 1.41 bits per heavy atom. The Morgan fingerprint density at radius 1 is 0.554 bits per heavy atom. The van der Waals surface area contributed by atoms with E-state index in [1.165, 1.54) is 6.07 Å².